The van der Waals surface area contributed by atoms with E-state index in [0.29, 0.717) is 5.75 Å². The van der Waals surface area contributed by atoms with Gasteiger partial charge in [0, 0.05) is 0 Å². The zero-order valence-corrected chi connectivity index (χ0v) is 14.5. The summed E-state index contributed by atoms with van der Waals surface area (Å²) in [5, 5.41) is 13.3. The molecule has 0 aliphatic carbocycles. The highest BCUT2D eigenvalue weighted by molar-refractivity contribution is 5.83. The third-order valence-corrected chi connectivity index (χ3v) is 4.13. The van der Waals surface area contributed by atoms with Gasteiger partial charge in [-0.15, -0.1) is 0 Å². The summed E-state index contributed by atoms with van der Waals surface area (Å²) in [5.41, 5.74) is 1.29. The van der Waals surface area contributed by atoms with Crippen molar-refractivity contribution < 1.29 is 19.4 Å². The monoisotopic (exact) mass is 320 g/mol. The minimum absolute atomic E-state index is 0.0921. The maximum absolute atomic E-state index is 11.8. The summed E-state index contributed by atoms with van der Waals surface area (Å²) in [7, 11) is 0. The molecule has 0 saturated heterocycles. The van der Waals surface area contributed by atoms with Crippen molar-refractivity contribution in [3.63, 3.8) is 0 Å². The average molecular weight is 320 g/mol. The SMILES string of the molecule is CCC(C)(C)c1ccc(OCC(=O)N[C@H](C(=O)[O-])C(C)C)cc1. The van der Waals surface area contributed by atoms with Crippen molar-refractivity contribution >= 4 is 11.9 Å². The number of rotatable bonds is 8. The molecular formula is C18H26NO4-. The molecule has 0 heterocycles. The number of amides is 1. The van der Waals surface area contributed by atoms with Gasteiger partial charge in [0.25, 0.3) is 5.91 Å². The molecule has 5 nitrogen and oxygen atoms in total. The predicted octanol–water partition coefficient (Wildman–Crippen LogP) is 1.64. The lowest BCUT2D eigenvalue weighted by molar-refractivity contribution is -0.309. The van der Waals surface area contributed by atoms with Crippen LogP contribution < -0.4 is 15.2 Å². The van der Waals surface area contributed by atoms with Gasteiger partial charge in [-0.1, -0.05) is 46.8 Å². The lowest BCUT2D eigenvalue weighted by Crippen LogP contribution is -2.51. The van der Waals surface area contributed by atoms with Crippen LogP contribution in [0.5, 0.6) is 5.75 Å². The van der Waals surface area contributed by atoms with Crippen LogP contribution in [-0.2, 0) is 15.0 Å². The minimum Gasteiger partial charge on any atom is -0.548 e. The van der Waals surface area contributed by atoms with Gasteiger partial charge in [-0.25, -0.2) is 0 Å². The molecular weight excluding hydrogens is 294 g/mol. The number of ether oxygens (including phenoxy) is 1. The van der Waals surface area contributed by atoms with Crippen LogP contribution in [0.2, 0.25) is 0 Å². The Labute approximate surface area is 138 Å². The molecule has 0 saturated carbocycles. The molecule has 1 aromatic carbocycles. The quantitative estimate of drug-likeness (QED) is 0.790. The largest absolute Gasteiger partial charge is 0.548 e. The highest BCUT2D eigenvalue weighted by atomic mass is 16.5. The Kier molecular flexibility index (Phi) is 6.61. The molecule has 1 N–H and O–H groups in total. The molecule has 1 amide bonds. The molecule has 0 unspecified atom stereocenters. The van der Waals surface area contributed by atoms with E-state index in [1.165, 1.54) is 5.56 Å². The van der Waals surface area contributed by atoms with Crippen LogP contribution in [0.4, 0.5) is 0 Å². The molecule has 0 aliphatic rings. The van der Waals surface area contributed by atoms with E-state index in [1.54, 1.807) is 13.8 Å². The van der Waals surface area contributed by atoms with Gasteiger partial charge in [-0.05, 0) is 35.4 Å². The second-order valence-corrected chi connectivity index (χ2v) is 6.66. The highest BCUT2D eigenvalue weighted by Crippen LogP contribution is 2.27. The summed E-state index contributed by atoms with van der Waals surface area (Å²) >= 11 is 0. The molecule has 1 rings (SSSR count). The van der Waals surface area contributed by atoms with Crippen LogP contribution in [0.3, 0.4) is 0 Å². The maximum atomic E-state index is 11.8. The topological polar surface area (TPSA) is 78.5 Å². The first-order valence-electron chi connectivity index (χ1n) is 7.91. The van der Waals surface area contributed by atoms with Crippen LogP contribution in [0.25, 0.3) is 0 Å². The third-order valence-electron chi connectivity index (χ3n) is 4.13. The van der Waals surface area contributed by atoms with Crippen LogP contribution in [0.1, 0.15) is 46.6 Å². The number of benzene rings is 1. The van der Waals surface area contributed by atoms with Gasteiger partial charge in [0.05, 0.1) is 12.0 Å². The number of carboxylic acid groups (broad SMARTS) is 1. The number of nitrogens with one attached hydrogen (secondary N) is 1. The van der Waals surface area contributed by atoms with Gasteiger partial charge < -0.3 is 20.0 Å². The van der Waals surface area contributed by atoms with Gasteiger partial charge in [0.15, 0.2) is 6.61 Å². The number of hydrogen-bond donors (Lipinski definition) is 1. The van der Waals surface area contributed by atoms with Gasteiger partial charge in [-0.3, -0.25) is 4.79 Å². The van der Waals surface area contributed by atoms with Gasteiger partial charge in [-0.2, -0.15) is 0 Å². The number of carbonyl (C=O) groups is 2. The Balaban J connectivity index is 2.58. The Morgan fingerprint density at radius 3 is 2.22 bits per heavy atom. The molecule has 0 radical (unpaired) electrons. The molecule has 0 fully saturated rings. The van der Waals surface area contributed by atoms with Crippen LogP contribution in [0.15, 0.2) is 24.3 Å². The summed E-state index contributed by atoms with van der Waals surface area (Å²) in [4.78, 5) is 22.7. The average Bonchev–Trinajstić information content (AvgIpc) is 2.50. The van der Waals surface area contributed by atoms with Crippen molar-refractivity contribution in [2.24, 2.45) is 5.92 Å². The lowest BCUT2D eigenvalue weighted by atomic mass is 9.82. The molecule has 5 heteroatoms. The summed E-state index contributed by atoms with van der Waals surface area (Å²) in [6.07, 6.45) is 1.02. The van der Waals surface area contributed by atoms with Crippen molar-refractivity contribution in [3.8, 4) is 5.75 Å². The molecule has 23 heavy (non-hydrogen) atoms. The van der Waals surface area contributed by atoms with Crippen molar-refractivity contribution in [2.45, 2.75) is 52.5 Å². The van der Waals surface area contributed by atoms with Crippen molar-refractivity contribution in [2.75, 3.05) is 6.61 Å². The second kappa shape index (κ2) is 7.99. The van der Waals surface area contributed by atoms with Crippen molar-refractivity contribution in [3.05, 3.63) is 29.8 Å². The number of hydrogen-bond acceptors (Lipinski definition) is 4. The maximum Gasteiger partial charge on any atom is 0.258 e. The van der Waals surface area contributed by atoms with E-state index in [9.17, 15) is 14.7 Å². The van der Waals surface area contributed by atoms with Crippen LogP contribution in [0, 0.1) is 5.92 Å². The fourth-order valence-corrected chi connectivity index (χ4v) is 2.07. The zero-order chi connectivity index (χ0) is 17.6. The smallest absolute Gasteiger partial charge is 0.258 e. The highest BCUT2D eigenvalue weighted by Gasteiger charge is 2.19. The predicted molar refractivity (Wildman–Crippen MR) is 87.0 cm³/mol. The first-order chi connectivity index (χ1) is 10.7. The Morgan fingerprint density at radius 1 is 1.22 bits per heavy atom. The second-order valence-electron chi connectivity index (χ2n) is 6.66. The van der Waals surface area contributed by atoms with E-state index < -0.39 is 17.9 Å². The van der Waals surface area contributed by atoms with Gasteiger partial charge in [0.1, 0.15) is 5.75 Å². The normalized spacial score (nSPS) is 12.8. The Bertz CT molecular complexity index is 534. The Morgan fingerprint density at radius 2 is 1.78 bits per heavy atom. The standard InChI is InChI=1S/C18H27NO4/c1-6-18(4,5)13-7-9-14(10-8-13)23-11-15(20)19-16(12(2)3)17(21)22/h7-10,12,16H,6,11H2,1-5H3,(H,19,20)(H,21,22)/p-1/t16-/m0/s1. The fraction of sp³-hybridized carbons (Fsp3) is 0.556. The fourth-order valence-electron chi connectivity index (χ4n) is 2.07. The molecule has 0 spiro atoms. The van der Waals surface area contributed by atoms with Crippen molar-refractivity contribution in [1.29, 1.82) is 0 Å². The van der Waals surface area contributed by atoms with Gasteiger partial charge in [0.2, 0.25) is 0 Å². The van der Waals surface area contributed by atoms with E-state index >= 15 is 0 Å². The first kappa shape index (κ1) is 19.0. The molecule has 1 atom stereocenters. The Hall–Kier alpha value is -2.04. The van der Waals surface area contributed by atoms with E-state index in [4.69, 9.17) is 4.74 Å². The number of carboxylic acids is 1. The first-order valence-corrected chi connectivity index (χ1v) is 7.91. The number of aliphatic carboxylic acids is 1. The molecule has 0 bridgehead atoms. The third kappa shape index (κ3) is 5.58. The summed E-state index contributed by atoms with van der Waals surface area (Å²) in [6.45, 7) is 9.65. The summed E-state index contributed by atoms with van der Waals surface area (Å²) in [6, 6.07) is 6.58. The molecule has 0 aliphatic heterocycles. The van der Waals surface area contributed by atoms with Crippen LogP contribution >= 0.6 is 0 Å². The number of carbonyl (C=O) groups excluding carboxylic acids is 2. The van der Waals surface area contributed by atoms with Crippen molar-refractivity contribution in [1.82, 2.24) is 5.32 Å². The minimum atomic E-state index is -1.29. The van der Waals surface area contributed by atoms with E-state index in [0.717, 1.165) is 6.42 Å². The molecule has 128 valence electrons. The lowest BCUT2D eigenvalue weighted by Gasteiger charge is -2.24. The van der Waals surface area contributed by atoms with E-state index in [2.05, 4.69) is 26.1 Å². The van der Waals surface area contributed by atoms with Crippen LogP contribution in [-0.4, -0.2) is 24.5 Å². The van der Waals surface area contributed by atoms with E-state index in [-0.39, 0.29) is 17.9 Å². The zero-order valence-electron chi connectivity index (χ0n) is 14.5. The van der Waals surface area contributed by atoms with E-state index in [1.807, 2.05) is 24.3 Å². The summed E-state index contributed by atoms with van der Waals surface area (Å²) < 4.78 is 5.40. The van der Waals surface area contributed by atoms with Gasteiger partial charge >= 0.3 is 0 Å². The summed E-state index contributed by atoms with van der Waals surface area (Å²) in [5.74, 6) is -1.45. The molecule has 0 aromatic heterocycles. The molecule has 1 aromatic rings.